The Bertz CT molecular complexity index is 425. The van der Waals surface area contributed by atoms with Crippen LogP contribution in [0, 0.1) is 0 Å². The molecule has 3 nitrogen and oxygen atoms in total. The lowest BCUT2D eigenvalue weighted by atomic mass is 9.90. The molecule has 0 aromatic heterocycles. The average molecular weight is 327 g/mol. The van der Waals surface area contributed by atoms with Crippen LogP contribution in [0.25, 0.3) is 0 Å². The molecule has 2 rings (SSSR count). The third-order valence-corrected chi connectivity index (χ3v) is 4.62. The molecule has 2 N–H and O–H groups in total. The fraction of sp³-hybridized carbons (Fsp3) is 0.600. The van der Waals surface area contributed by atoms with Crippen LogP contribution >= 0.6 is 15.9 Å². The topological polar surface area (TPSA) is 38.5 Å². The van der Waals surface area contributed by atoms with E-state index in [-0.39, 0.29) is 0 Å². The van der Waals surface area contributed by atoms with Gasteiger partial charge in [0.2, 0.25) is 0 Å². The van der Waals surface area contributed by atoms with Gasteiger partial charge in [-0.05, 0) is 53.5 Å². The Morgan fingerprint density at radius 1 is 1.37 bits per heavy atom. The van der Waals surface area contributed by atoms with E-state index in [4.69, 9.17) is 10.5 Å². The van der Waals surface area contributed by atoms with Crippen molar-refractivity contribution in [2.45, 2.75) is 44.3 Å². The molecule has 106 valence electrons. The second kappa shape index (κ2) is 6.73. The summed E-state index contributed by atoms with van der Waals surface area (Å²) < 4.78 is 6.27. The Morgan fingerprint density at radius 2 is 2.11 bits per heavy atom. The van der Waals surface area contributed by atoms with Gasteiger partial charge in [0.1, 0.15) is 5.75 Å². The zero-order chi connectivity index (χ0) is 13.8. The lowest BCUT2D eigenvalue weighted by Gasteiger charge is -2.36. The first-order chi connectivity index (χ1) is 9.11. The van der Waals surface area contributed by atoms with Gasteiger partial charge < -0.3 is 10.5 Å². The molecule has 1 fully saturated rings. The molecule has 0 saturated heterocycles. The van der Waals surface area contributed by atoms with Crippen LogP contribution in [0.5, 0.6) is 5.75 Å². The second-order valence-corrected chi connectivity index (χ2v) is 6.25. The summed E-state index contributed by atoms with van der Waals surface area (Å²) >= 11 is 3.54. The van der Waals surface area contributed by atoms with Crippen molar-refractivity contribution in [1.29, 1.82) is 0 Å². The van der Waals surface area contributed by atoms with E-state index in [0.717, 1.165) is 23.2 Å². The summed E-state index contributed by atoms with van der Waals surface area (Å²) in [4.78, 5) is 2.39. The lowest BCUT2D eigenvalue weighted by Crippen LogP contribution is -2.47. The summed E-state index contributed by atoms with van der Waals surface area (Å²) in [5.74, 6) is 0.876. The Kier molecular flexibility index (Phi) is 5.25. The molecule has 1 aromatic rings. The highest BCUT2D eigenvalue weighted by Gasteiger charge is 2.25. The predicted molar refractivity (Wildman–Crippen MR) is 82.4 cm³/mol. The van der Waals surface area contributed by atoms with Crippen LogP contribution in [0.2, 0.25) is 0 Å². The molecule has 0 radical (unpaired) electrons. The van der Waals surface area contributed by atoms with Crippen molar-refractivity contribution >= 4 is 15.9 Å². The van der Waals surface area contributed by atoms with Gasteiger partial charge in [0.25, 0.3) is 0 Å². The van der Waals surface area contributed by atoms with Gasteiger partial charge in [0.15, 0.2) is 0 Å². The molecular weight excluding hydrogens is 304 g/mol. The summed E-state index contributed by atoms with van der Waals surface area (Å²) in [6.07, 6.45) is 4.95. The van der Waals surface area contributed by atoms with Crippen molar-refractivity contribution < 1.29 is 4.74 Å². The maximum absolute atomic E-state index is 6.24. The minimum atomic E-state index is 0.320. The van der Waals surface area contributed by atoms with E-state index < -0.39 is 0 Å². The molecule has 1 aromatic carbocycles. The van der Waals surface area contributed by atoms with Crippen LogP contribution in [0.4, 0.5) is 0 Å². The van der Waals surface area contributed by atoms with E-state index in [1.54, 1.807) is 7.11 Å². The first-order valence-corrected chi connectivity index (χ1v) is 7.69. The fourth-order valence-electron chi connectivity index (χ4n) is 2.90. The highest BCUT2D eigenvalue weighted by Crippen LogP contribution is 2.27. The highest BCUT2D eigenvalue weighted by atomic mass is 79.9. The third-order valence-electron chi connectivity index (χ3n) is 4.00. The molecule has 2 atom stereocenters. The first kappa shape index (κ1) is 14.8. The number of hydrogen-bond acceptors (Lipinski definition) is 3. The van der Waals surface area contributed by atoms with Crippen LogP contribution < -0.4 is 10.5 Å². The standard InChI is InChI=1S/C15H23BrN2O/c1-18(14-6-4-3-5-13(14)17)10-11-7-8-15(19-2)12(16)9-11/h7-9,13-14H,3-6,10,17H2,1-2H3. The van der Waals surface area contributed by atoms with Gasteiger partial charge in [0.05, 0.1) is 11.6 Å². The number of hydrogen-bond donors (Lipinski definition) is 1. The average Bonchev–Trinajstić information content (AvgIpc) is 2.39. The molecular formula is C15H23BrN2O. The monoisotopic (exact) mass is 326 g/mol. The molecule has 0 spiro atoms. The maximum atomic E-state index is 6.24. The Hall–Kier alpha value is -0.580. The van der Waals surface area contributed by atoms with E-state index in [9.17, 15) is 0 Å². The molecule has 0 amide bonds. The number of methoxy groups -OCH3 is 1. The van der Waals surface area contributed by atoms with Crippen molar-refractivity contribution in [2.75, 3.05) is 14.2 Å². The molecule has 0 aliphatic heterocycles. The SMILES string of the molecule is COc1ccc(CN(C)C2CCCCC2N)cc1Br. The van der Waals surface area contributed by atoms with Crippen LogP contribution in [-0.2, 0) is 6.54 Å². The summed E-state index contributed by atoms with van der Waals surface area (Å²) in [6, 6.07) is 7.08. The van der Waals surface area contributed by atoms with Gasteiger partial charge >= 0.3 is 0 Å². The zero-order valence-electron chi connectivity index (χ0n) is 11.7. The van der Waals surface area contributed by atoms with Crippen molar-refractivity contribution in [3.8, 4) is 5.75 Å². The smallest absolute Gasteiger partial charge is 0.133 e. The van der Waals surface area contributed by atoms with Gasteiger partial charge in [0, 0.05) is 18.6 Å². The summed E-state index contributed by atoms with van der Waals surface area (Å²) in [6.45, 7) is 0.932. The van der Waals surface area contributed by atoms with Gasteiger partial charge in [-0.15, -0.1) is 0 Å². The van der Waals surface area contributed by atoms with Crippen LogP contribution in [0.1, 0.15) is 31.2 Å². The number of rotatable bonds is 4. The van der Waals surface area contributed by atoms with E-state index >= 15 is 0 Å². The summed E-state index contributed by atoms with van der Waals surface area (Å²) in [5, 5.41) is 0. The first-order valence-electron chi connectivity index (χ1n) is 6.90. The van der Waals surface area contributed by atoms with Gasteiger partial charge in [-0.1, -0.05) is 18.9 Å². The normalized spacial score (nSPS) is 23.6. The molecule has 1 aliphatic carbocycles. The molecule has 1 saturated carbocycles. The number of nitrogens with zero attached hydrogens (tertiary/aromatic N) is 1. The van der Waals surface area contributed by atoms with E-state index in [1.165, 1.54) is 24.8 Å². The number of ether oxygens (including phenoxy) is 1. The maximum Gasteiger partial charge on any atom is 0.133 e. The van der Waals surface area contributed by atoms with Crippen LogP contribution in [0.3, 0.4) is 0 Å². The van der Waals surface area contributed by atoms with Crippen molar-refractivity contribution in [3.05, 3.63) is 28.2 Å². The van der Waals surface area contributed by atoms with E-state index in [0.29, 0.717) is 12.1 Å². The lowest BCUT2D eigenvalue weighted by molar-refractivity contribution is 0.162. The second-order valence-electron chi connectivity index (χ2n) is 5.40. The molecule has 2 unspecified atom stereocenters. The Morgan fingerprint density at radius 3 is 2.74 bits per heavy atom. The summed E-state index contributed by atoms with van der Waals surface area (Å²) in [7, 11) is 3.86. The molecule has 1 aliphatic rings. The van der Waals surface area contributed by atoms with Crippen LogP contribution in [-0.4, -0.2) is 31.1 Å². The number of halogens is 1. The van der Waals surface area contributed by atoms with E-state index in [1.807, 2.05) is 6.07 Å². The Labute approximate surface area is 124 Å². The predicted octanol–water partition coefficient (Wildman–Crippen LogP) is 3.16. The van der Waals surface area contributed by atoms with Gasteiger partial charge in [-0.2, -0.15) is 0 Å². The van der Waals surface area contributed by atoms with Crippen molar-refractivity contribution in [1.82, 2.24) is 4.90 Å². The zero-order valence-corrected chi connectivity index (χ0v) is 13.3. The number of benzene rings is 1. The molecule has 4 heteroatoms. The van der Waals surface area contributed by atoms with Gasteiger partial charge in [-0.3, -0.25) is 4.90 Å². The quantitative estimate of drug-likeness (QED) is 0.923. The molecule has 0 bridgehead atoms. The number of likely N-dealkylation sites (N-methyl/N-ethyl adjacent to an activating group) is 1. The van der Waals surface area contributed by atoms with Crippen LogP contribution in [0.15, 0.2) is 22.7 Å². The van der Waals surface area contributed by atoms with E-state index in [2.05, 4.69) is 40.0 Å². The minimum absolute atomic E-state index is 0.320. The highest BCUT2D eigenvalue weighted by molar-refractivity contribution is 9.10. The number of nitrogens with two attached hydrogens (primary N) is 1. The molecule has 19 heavy (non-hydrogen) atoms. The molecule has 0 heterocycles. The minimum Gasteiger partial charge on any atom is -0.496 e. The van der Waals surface area contributed by atoms with Crippen molar-refractivity contribution in [3.63, 3.8) is 0 Å². The third kappa shape index (κ3) is 3.71. The fourth-order valence-corrected chi connectivity index (χ4v) is 3.49. The summed E-state index contributed by atoms with van der Waals surface area (Å²) in [5.41, 5.74) is 7.52. The Balaban J connectivity index is 2.01. The van der Waals surface area contributed by atoms with Crippen molar-refractivity contribution in [2.24, 2.45) is 5.73 Å². The van der Waals surface area contributed by atoms with Gasteiger partial charge in [-0.25, -0.2) is 0 Å². The largest absolute Gasteiger partial charge is 0.496 e.